The van der Waals surface area contributed by atoms with E-state index in [1.165, 1.54) is 0 Å². The van der Waals surface area contributed by atoms with Crippen molar-refractivity contribution >= 4 is 5.71 Å². The van der Waals surface area contributed by atoms with Gasteiger partial charge in [-0.2, -0.15) is 0 Å². The molecule has 0 radical (unpaired) electrons. The SMILES string of the molecule is CC1(C)O[C@H]2O[C@@H]3CC4=NO[C@H]5CCC[C@@H](O[C@@H]3[C@H]2O1)[C@@H]45. The standard InChI is InChI=1S/C15H21NO5/c1-15(2)19-13-12-10(18-14(13)20-15)6-7-11-8(17-12)4-3-5-9(11)21-16-7/h8-14H,3-6H2,1-2H3/t8-,9+,10-,11-,12+,13-,14-/m1/s1. The highest BCUT2D eigenvalue weighted by Gasteiger charge is 2.59. The summed E-state index contributed by atoms with van der Waals surface area (Å²) in [7, 11) is 0. The van der Waals surface area contributed by atoms with Gasteiger partial charge >= 0.3 is 0 Å². The molecule has 0 bridgehead atoms. The second-order valence-electron chi connectivity index (χ2n) is 7.17. The Balaban J connectivity index is 1.45. The Morgan fingerprint density at radius 2 is 1.86 bits per heavy atom. The van der Waals surface area contributed by atoms with Gasteiger partial charge in [0.15, 0.2) is 12.1 Å². The fourth-order valence-corrected chi connectivity index (χ4v) is 4.47. The number of nitrogens with zero attached hydrogens (tertiary/aromatic N) is 1. The minimum Gasteiger partial charge on any atom is -0.392 e. The van der Waals surface area contributed by atoms with Crippen molar-refractivity contribution in [3.05, 3.63) is 0 Å². The molecule has 0 amide bonds. The number of oxime groups is 1. The molecule has 0 unspecified atom stereocenters. The van der Waals surface area contributed by atoms with Crippen molar-refractivity contribution < 1.29 is 23.8 Å². The lowest BCUT2D eigenvalue weighted by Crippen LogP contribution is -2.42. The molecule has 6 nitrogen and oxygen atoms in total. The second kappa shape index (κ2) is 4.19. The van der Waals surface area contributed by atoms with Crippen LogP contribution in [-0.2, 0) is 23.8 Å². The van der Waals surface area contributed by atoms with Gasteiger partial charge in [0.2, 0.25) is 0 Å². The lowest BCUT2D eigenvalue weighted by Gasteiger charge is -2.33. The molecule has 4 aliphatic heterocycles. The summed E-state index contributed by atoms with van der Waals surface area (Å²) in [5.74, 6) is -0.289. The van der Waals surface area contributed by atoms with E-state index in [1.54, 1.807) is 0 Å². The summed E-state index contributed by atoms with van der Waals surface area (Å²) < 4.78 is 24.3. The maximum absolute atomic E-state index is 6.44. The highest BCUT2D eigenvalue weighted by Crippen LogP contribution is 2.46. The fraction of sp³-hybridized carbons (Fsp3) is 0.933. The Labute approximate surface area is 123 Å². The summed E-state index contributed by atoms with van der Waals surface area (Å²) in [5, 5.41) is 4.32. The van der Waals surface area contributed by atoms with E-state index in [1.807, 2.05) is 13.8 Å². The van der Waals surface area contributed by atoms with Crippen molar-refractivity contribution in [2.45, 2.75) is 82.1 Å². The van der Waals surface area contributed by atoms with Gasteiger partial charge in [0.25, 0.3) is 0 Å². The number of hydrogen-bond donors (Lipinski definition) is 0. The van der Waals surface area contributed by atoms with Crippen LogP contribution in [0, 0.1) is 5.92 Å². The van der Waals surface area contributed by atoms with Crippen molar-refractivity contribution in [1.29, 1.82) is 0 Å². The van der Waals surface area contributed by atoms with Crippen molar-refractivity contribution in [2.24, 2.45) is 11.1 Å². The molecule has 5 rings (SSSR count). The molecule has 0 spiro atoms. The van der Waals surface area contributed by atoms with Crippen LogP contribution in [0.15, 0.2) is 5.16 Å². The largest absolute Gasteiger partial charge is 0.392 e. The van der Waals surface area contributed by atoms with Crippen molar-refractivity contribution in [3.63, 3.8) is 0 Å². The lowest BCUT2D eigenvalue weighted by atomic mass is 9.80. The molecular weight excluding hydrogens is 274 g/mol. The summed E-state index contributed by atoms with van der Waals surface area (Å²) in [4.78, 5) is 5.59. The lowest BCUT2D eigenvalue weighted by molar-refractivity contribution is -0.221. The first-order chi connectivity index (χ1) is 10.1. The molecule has 0 aromatic carbocycles. The number of rotatable bonds is 0. The summed E-state index contributed by atoms with van der Waals surface area (Å²) in [5.41, 5.74) is 1.11. The minimum atomic E-state index is -0.596. The molecule has 4 fully saturated rings. The third kappa shape index (κ3) is 1.82. The van der Waals surface area contributed by atoms with Crippen molar-refractivity contribution in [3.8, 4) is 0 Å². The van der Waals surface area contributed by atoms with Gasteiger partial charge in [0.1, 0.15) is 18.3 Å². The van der Waals surface area contributed by atoms with E-state index >= 15 is 0 Å². The fourth-order valence-electron chi connectivity index (χ4n) is 4.47. The minimum absolute atomic E-state index is 0.0391. The van der Waals surface area contributed by atoms with E-state index in [9.17, 15) is 0 Å². The highest BCUT2D eigenvalue weighted by molar-refractivity contribution is 5.89. The quantitative estimate of drug-likeness (QED) is 0.679. The highest BCUT2D eigenvalue weighted by atomic mass is 16.8. The molecule has 0 aromatic rings. The van der Waals surface area contributed by atoms with Crippen LogP contribution < -0.4 is 0 Å². The molecule has 21 heavy (non-hydrogen) atoms. The average molecular weight is 295 g/mol. The van der Waals surface area contributed by atoms with Crippen molar-refractivity contribution in [1.82, 2.24) is 0 Å². The Morgan fingerprint density at radius 1 is 1.00 bits per heavy atom. The van der Waals surface area contributed by atoms with Gasteiger partial charge in [-0.15, -0.1) is 0 Å². The van der Waals surface area contributed by atoms with E-state index in [0.717, 1.165) is 31.4 Å². The van der Waals surface area contributed by atoms with E-state index in [2.05, 4.69) is 5.16 Å². The molecule has 3 saturated heterocycles. The molecule has 1 saturated carbocycles. The van der Waals surface area contributed by atoms with Gasteiger partial charge in [-0.3, -0.25) is 0 Å². The maximum Gasteiger partial charge on any atom is 0.190 e. The molecule has 116 valence electrons. The Hall–Kier alpha value is -0.690. The van der Waals surface area contributed by atoms with Crippen LogP contribution in [0.3, 0.4) is 0 Å². The Morgan fingerprint density at radius 3 is 2.76 bits per heavy atom. The molecule has 5 aliphatic rings. The van der Waals surface area contributed by atoms with Gasteiger partial charge in [0, 0.05) is 6.42 Å². The summed E-state index contributed by atoms with van der Waals surface area (Å²) >= 11 is 0. The summed E-state index contributed by atoms with van der Waals surface area (Å²) in [6.07, 6.45) is 3.85. The van der Waals surface area contributed by atoms with Crippen molar-refractivity contribution in [2.75, 3.05) is 0 Å². The van der Waals surface area contributed by atoms with Gasteiger partial charge < -0.3 is 23.8 Å². The normalized spacial score (nSPS) is 53.2. The van der Waals surface area contributed by atoms with Crippen LogP contribution in [0.5, 0.6) is 0 Å². The first-order valence-electron chi connectivity index (χ1n) is 8.00. The van der Waals surface area contributed by atoms with Crippen LogP contribution in [0.25, 0.3) is 0 Å². The van der Waals surface area contributed by atoms with Gasteiger partial charge in [-0.05, 0) is 33.1 Å². The van der Waals surface area contributed by atoms with Gasteiger partial charge in [-0.25, -0.2) is 0 Å². The zero-order valence-electron chi connectivity index (χ0n) is 12.4. The van der Waals surface area contributed by atoms with Crippen LogP contribution in [0.2, 0.25) is 0 Å². The molecule has 6 heteroatoms. The van der Waals surface area contributed by atoms with E-state index < -0.39 is 5.79 Å². The zero-order chi connectivity index (χ0) is 14.2. The molecule has 1 aliphatic carbocycles. The number of hydrogen-bond acceptors (Lipinski definition) is 6. The smallest absolute Gasteiger partial charge is 0.190 e. The monoisotopic (exact) mass is 295 g/mol. The van der Waals surface area contributed by atoms with Crippen LogP contribution >= 0.6 is 0 Å². The summed E-state index contributed by atoms with van der Waals surface area (Å²) in [6, 6.07) is 0. The molecule has 0 aromatic heterocycles. The second-order valence-corrected chi connectivity index (χ2v) is 7.17. The number of fused-ring (bicyclic) bond motifs is 3. The topological polar surface area (TPSA) is 58.5 Å². The van der Waals surface area contributed by atoms with E-state index in [4.69, 9.17) is 23.8 Å². The van der Waals surface area contributed by atoms with E-state index in [-0.39, 0.29) is 36.8 Å². The average Bonchev–Trinajstić information content (AvgIpc) is 3.01. The number of ether oxygens (including phenoxy) is 4. The third-order valence-electron chi connectivity index (χ3n) is 5.30. The Bertz CT molecular complexity index is 492. The summed E-state index contributed by atoms with van der Waals surface area (Å²) in [6.45, 7) is 3.84. The van der Waals surface area contributed by atoms with Crippen LogP contribution in [-0.4, -0.2) is 48.3 Å². The van der Waals surface area contributed by atoms with Crippen LogP contribution in [0.4, 0.5) is 0 Å². The van der Waals surface area contributed by atoms with Crippen LogP contribution in [0.1, 0.15) is 39.5 Å². The maximum atomic E-state index is 6.44. The van der Waals surface area contributed by atoms with Gasteiger partial charge in [0.05, 0.1) is 23.8 Å². The first kappa shape index (κ1) is 12.8. The predicted molar refractivity (Wildman–Crippen MR) is 71.6 cm³/mol. The molecular formula is C15H21NO5. The van der Waals surface area contributed by atoms with Gasteiger partial charge in [-0.1, -0.05) is 5.16 Å². The predicted octanol–water partition coefficient (Wildman–Crippen LogP) is 1.58. The molecule has 4 heterocycles. The third-order valence-corrected chi connectivity index (χ3v) is 5.30. The molecule has 0 N–H and O–H groups in total. The first-order valence-corrected chi connectivity index (χ1v) is 8.00. The molecule has 7 atom stereocenters. The zero-order valence-corrected chi connectivity index (χ0v) is 12.4. The van der Waals surface area contributed by atoms with E-state index in [0.29, 0.717) is 5.92 Å². The Kier molecular flexibility index (Phi) is 2.56.